The number of amides is 1. The average Bonchev–Trinajstić information content (AvgIpc) is 2.45. The molecule has 1 amide bonds. The van der Waals surface area contributed by atoms with Crippen LogP contribution in [0.4, 0.5) is 0 Å². The number of nitrogens with zero attached hydrogens (tertiary/aromatic N) is 1. The van der Waals surface area contributed by atoms with E-state index in [2.05, 4.69) is 57.0 Å². The molecule has 1 atom stereocenters. The molecule has 0 spiro atoms. The Morgan fingerprint density at radius 3 is 2.44 bits per heavy atom. The third-order valence-corrected chi connectivity index (χ3v) is 5.30. The number of nitrogens with one attached hydrogen (secondary N) is 1. The van der Waals surface area contributed by atoms with Gasteiger partial charge in [-0.1, -0.05) is 31.5 Å². The lowest BCUT2D eigenvalue weighted by atomic mass is 9.80. The van der Waals surface area contributed by atoms with Gasteiger partial charge in [-0.15, -0.1) is 12.4 Å². The van der Waals surface area contributed by atoms with E-state index in [-0.39, 0.29) is 29.8 Å². The Kier molecular flexibility index (Phi) is 7.91. The first-order valence-corrected chi connectivity index (χ1v) is 9.00. The van der Waals surface area contributed by atoms with Crippen molar-refractivity contribution < 1.29 is 4.79 Å². The fourth-order valence-electron chi connectivity index (χ4n) is 3.81. The maximum atomic E-state index is 12.2. The predicted molar refractivity (Wildman–Crippen MR) is 107 cm³/mol. The number of nitrogens with two attached hydrogens (primary N) is 1. The summed E-state index contributed by atoms with van der Waals surface area (Å²) in [4.78, 5) is 14.5. The highest BCUT2D eigenvalue weighted by molar-refractivity contribution is 5.85. The van der Waals surface area contributed by atoms with Crippen molar-refractivity contribution in [2.45, 2.75) is 53.5 Å². The number of rotatable bonds is 5. The average molecular weight is 368 g/mol. The molecule has 0 saturated carbocycles. The minimum atomic E-state index is 0. The van der Waals surface area contributed by atoms with Crippen molar-refractivity contribution >= 4 is 18.3 Å². The molecular formula is C20H34ClN3O. The van der Waals surface area contributed by atoms with Gasteiger partial charge in [-0.3, -0.25) is 9.69 Å². The molecule has 142 valence electrons. The van der Waals surface area contributed by atoms with Gasteiger partial charge in [-0.25, -0.2) is 0 Å². The molecule has 4 nitrogen and oxygen atoms in total. The van der Waals surface area contributed by atoms with Crippen LogP contribution < -0.4 is 11.1 Å². The zero-order valence-electron chi connectivity index (χ0n) is 16.3. The number of piperidine rings is 1. The largest absolute Gasteiger partial charge is 0.355 e. The molecule has 1 saturated heterocycles. The third kappa shape index (κ3) is 5.98. The van der Waals surface area contributed by atoms with Gasteiger partial charge in [0.05, 0.1) is 6.54 Å². The van der Waals surface area contributed by atoms with E-state index in [1.165, 1.54) is 22.3 Å². The second-order valence-corrected chi connectivity index (χ2v) is 8.07. The standard InChI is InChI=1S/C20H33N3O.ClH/c1-14-10-15(2)17(16(3)11-14)6-8-22-19(24)12-23-9-7-18(21)20(4,5)13-23;/h10-11,18H,6-9,12-13,21H2,1-5H3,(H,22,24);1H. The molecular weight excluding hydrogens is 334 g/mol. The van der Waals surface area contributed by atoms with Crippen molar-refractivity contribution in [2.24, 2.45) is 11.1 Å². The zero-order chi connectivity index (χ0) is 17.9. The van der Waals surface area contributed by atoms with Crippen LogP contribution in [0.3, 0.4) is 0 Å². The van der Waals surface area contributed by atoms with E-state index in [0.29, 0.717) is 13.1 Å². The van der Waals surface area contributed by atoms with Crippen LogP contribution >= 0.6 is 12.4 Å². The Bertz CT molecular complexity index is 578. The lowest BCUT2D eigenvalue weighted by Crippen LogP contribution is -2.54. The highest BCUT2D eigenvalue weighted by Gasteiger charge is 2.33. The number of likely N-dealkylation sites (tertiary alicyclic amines) is 1. The molecule has 3 N–H and O–H groups in total. The minimum absolute atomic E-state index is 0. The molecule has 2 rings (SSSR count). The first kappa shape index (κ1) is 21.9. The summed E-state index contributed by atoms with van der Waals surface area (Å²) in [6, 6.07) is 4.65. The molecule has 0 radical (unpaired) electrons. The van der Waals surface area contributed by atoms with Crippen LogP contribution in [-0.2, 0) is 11.2 Å². The van der Waals surface area contributed by atoms with Crippen LogP contribution in [0.15, 0.2) is 12.1 Å². The summed E-state index contributed by atoms with van der Waals surface area (Å²) in [7, 11) is 0. The Morgan fingerprint density at radius 2 is 1.88 bits per heavy atom. The summed E-state index contributed by atoms with van der Waals surface area (Å²) in [6.45, 7) is 13.8. The van der Waals surface area contributed by atoms with Crippen molar-refractivity contribution in [1.29, 1.82) is 0 Å². The molecule has 1 aliphatic heterocycles. The fourth-order valence-corrected chi connectivity index (χ4v) is 3.81. The quantitative estimate of drug-likeness (QED) is 0.841. The van der Waals surface area contributed by atoms with Crippen LogP contribution in [0.1, 0.15) is 42.5 Å². The third-order valence-electron chi connectivity index (χ3n) is 5.30. The molecule has 1 unspecified atom stereocenters. The SMILES string of the molecule is Cc1cc(C)c(CCNC(=O)CN2CCC(N)C(C)(C)C2)c(C)c1.Cl. The van der Waals surface area contributed by atoms with Gasteiger partial charge < -0.3 is 11.1 Å². The van der Waals surface area contributed by atoms with Crippen molar-refractivity contribution in [3.8, 4) is 0 Å². The van der Waals surface area contributed by atoms with Gasteiger partial charge in [-0.2, -0.15) is 0 Å². The van der Waals surface area contributed by atoms with Gasteiger partial charge in [0.2, 0.25) is 5.91 Å². The maximum absolute atomic E-state index is 12.2. The second kappa shape index (κ2) is 9.02. The monoisotopic (exact) mass is 367 g/mol. The molecule has 5 heteroatoms. The molecule has 1 heterocycles. The van der Waals surface area contributed by atoms with Gasteiger partial charge >= 0.3 is 0 Å². The van der Waals surface area contributed by atoms with Crippen molar-refractivity contribution in [1.82, 2.24) is 10.2 Å². The van der Waals surface area contributed by atoms with Gasteiger partial charge in [0.15, 0.2) is 0 Å². The summed E-state index contributed by atoms with van der Waals surface area (Å²) < 4.78 is 0. The van der Waals surface area contributed by atoms with E-state index >= 15 is 0 Å². The van der Waals surface area contributed by atoms with E-state index in [4.69, 9.17) is 5.73 Å². The lowest BCUT2D eigenvalue weighted by Gasteiger charge is -2.42. The van der Waals surface area contributed by atoms with Gasteiger partial charge in [0, 0.05) is 25.7 Å². The topological polar surface area (TPSA) is 58.4 Å². The normalized spacial score (nSPS) is 20.0. The smallest absolute Gasteiger partial charge is 0.234 e. The van der Waals surface area contributed by atoms with Gasteiger partial charge in [0.1, 0.15) is 0 Å². The molecule has 0 aromatic heterocycles. The Hall–Kier alpha value is -1.10. The predicted octanol–water partition coefficient (Wildman–Crippen LogP) is 2.75. The number of aryl methyl sites for hydroxylation is 3. The Balaban J connectivity index is 0.00000312. The van der Waals surface area contributed by atoms with Crippen molar-refractivity contribution in [2.75, 3.05) is 26.2 Å². The van der Waals surface area contributed by atoms with Crippen LogP contribution in [0.25, 0.3) is 0 Å². The van der Waals surface area contributed by atoms with E-state index in [9.17, 15) is 4.79 Å². The van der Waals surface area contributed by atoms with E-state index in [1.807, 2.05) is 0 Å². The number of hydrogen-bond acceptors (Lipinski definition) is 3. The summed E-state index contributed by atoms with van der Waals surface area (Å²) in [5.74, 6) is 0.115. The Labute approximate surface area is 158 Å². The molecule has 0 aliphatic carbocycles. The Morgan fingerprint density at radius 1 is 1.28 bits per heavy atom. The second-order valence-electron chi connectivity index (χ2n) is 8.07. The van der Waals surface area contributed by atoms with E-state index in [1.54, 1.807) is 0 Å². The number of hydrogen-bond donors (Lipinski definition) is 2. The molecule has 1 aromatic carbocycles. The number of halogens is 1. The molecule has 0 bridgehead atoms. The number of carbonyl (C=O) groups is 1. The van der Waals surface area contributed by atoms with Crippen molar-refractivity contribution in [3.05, 3.63) is 34.4 Å². The summed E-state index contributed by atoms with van der Waals surface area (Å²) >= 11 is 0. The minimum Gasteiger partial charge on any atom is -0.355 e. The number of benzene rings is 1. The highest BCUT2D eigenvalue weighted by atomic mass is 35.5. The lowest BCUT2D eigenvalue weighted by molar-refractivity contribution is -0.123. The van der Waals surface area contributed by atoms with E-state index < -0.39 is 0 Å². The fraction of sp³-hybridized carbons (Fsp3) is 0.650. The van der Waals surface area contributed by atoms with E-state index in [0.717, 1.165) is 25.9 Å². The van der Waals surface area contributed by atoms with Gasteiger partial charge in [-0.05, 0) is 55.7 Å². The van der Waals surface area contributed by atoms with Crippen LogP contribution in [0, 0.1) is 26.2 Å². The first-order chi connectivity index (χ1) is 11.2. The molecule has 1 fully saturated rings. The van der Waals surface area contributed by atoms with Gasteiger partial charge in [0.25, 0.3) is 0 Å². The summed E-state index contributed by atoms with van der Waals surface area (Å²) in [5, 5.41) is 3.07. The summed E-state index contributed by atoms with van der Waals surface area (Å²) in [6.07, 6.45) is 1.85. The molecule has 25 heavy (non-hydrogen) atoms. The first-order valence-electron chi connectivity index (χ1n) is 9.00. The van der Waals surface area contributed by atoms with Crippen LogP contribution in [0.5, 0.6) is 0 Å². The maximum Gasteiger partial charge on any atom is 0.234 e. The molecule has 1 aliphatic rings. The summed E-state index contributed by atoms with van der Waals surface area (Å²) in [5.41, 5.74) is 11.5. The highest BCUT2D eigenvalue weighted by Crippen LogP contribution is 2.27. The number of carbonyl (C=O) groups excluding carboxylic acids is 1. The van der Waals surface area contributed by atoms with Crippen LogP contribution in [0.2, 0.25) is 0 Å². The zero-order valence-corrected chi connectivity index (χ0v) is 17.1. The van der Waals surface area contributed by atoms with Crippen molar-refractivity contribution in [3.63, 3.8) is 0 Å². The van der Waals surface area contributed by atoms with Crippen LogP contribution in [-0.4, -0.2) is 43.0 Å². The molecule has 1 aromatic rings.